The summed E-state index contributed by atoms with van der Waals surface area (Å²) in [6.07, 6.45) is 0.565. The second-order valence-electron chi connectivity index (χ2n) is 8.73. The van der Waals surface area contributed by atoms with Crippen molar-refractivity contribution in [2.75, 3.05) is 43.0 Å². The minimum absolute atomic E-state index is 0.153. The zero-order chi connectivity index (χ0) is 24.7. The van der Waals surface area contributed by atoms with Crippen LogP contribution in [0.5, 0.6) is 5.75 Å². The lowest BCUT2D eigenvalue weighted by molar-refractivity contribution is -0.132. The highest BCUT2D eigenvalue weighted by molar-refractivity contribution is 7.80. The van der Waals surface area contributed by atoms with Gasteiger partial charge in [-0.25, -0.2) is 0 Å². The van der Waals surface area contributed by atoms with Gasteiger partial charge < -0.3 is 19.9 Å². The molecule has 34 heavy (non-hydrogen) atoms. The summed E-state index contributed by atoms with van der Waals surface area (Å²) in [5.74, 6) is 0.800. The Kier molecular flexibility index (Phi) is 9.12. The summed E-state index contributed by atoms with van der Waals surface area (Å²) >= 11 is 11.6. The molecule has 2 N–H and O–H groups in total. The molecule has 2 aromatic rings. The average Bonchev–Trinajstić information content (AvgIpc) is 2.77. The molecule has 0 aliphatic carbocycles. The fourth-order valence-corrected chi connectivity index (χ4v) is 4.13. The molecule has 0 saturated carbocycles. The number of halogens is 1. The molecule has 0 unspecified atom stereocenters. The van der Waals surface area contributed by atoms with Gasteiger partial charge >= 0.3 is 0 Å². The summed E-state index contributed by atoms with van der Waals surface area (Å²) in [5, 5.41) is 6.44. The number of hydrogen-bond donors (Lipinski definition) is 2. The number of nitrogens with one attached hydrogen (secondary N) is 2. The molecule has 2 aromatic carbocycles. The summed E-state index contributed by atoms with van der Waals surface area (Å²) in [4.78, 5) is 28.8. The Morgan fingerprint density at radius 1 is 1.12 bits per heavy atom. The number of ether oxygens (including phenoxy) is 1. The molecule has 1 aliphatic heterocycles. The molecule has 0 atom stereocenters. The van der Waals surface area contributed by atoms with E-state index in [-0.39, 0.29) is 23.5 Å². The zero-order valence-corrected chi connectivity index (χ0v) is 21.3. The van der Waals surface area contributed by atoms with Gasteiger partial charge in [-0.1, -0.05) is 37.6 Å². The Morgan fingerprint density at radius 3 is 2.53 bits per heavy atom. The number of amides is 2. The van der Waals surface area contributed by atoms with Gasteiger partial charge in [0.25, 0.3) is 5.91 Å². The first-order valence-electron chi connectivity index (χ1n) is 11.3. The summed E-state index contributed by atoms with van der Waals surface area (Å²) in [7, 11) is 0. The highest BCUT2D eigenvalue weighted by atomic mass is 35.5. The SMILES string of the molecule is Cc1cccc(OCC(=O)NC(=S)Nc2cc(Cl)ccc2N2CCN(C(=O)CC(C)C)CC2)c1. The number of carbonyl (C=O) groups excluding carboxylic acids is 2. The van der Waals surface area contributed by atoms with E-state index in [1.807, 2.05) is 42.2 Å². The maximum Gasteiger partial charge on any atom is 0.264 e. The third-order valence-electron chi connectivity index (χ3n) is 5.38. The van der Waals surface area contributed by atoms with Crippen LogP contribution in [0.3, 0.4) is 0 Å². The minimum Gasteiger partial charge on any atom is -0.484 e. The van der Waals surface area contributed by atoms with Crippen LogP contribution in [0.15, 0.2) is 42.5 Å². The molecule has 7 nitrogen and oxygen atoms in total. The fourth-order valence-electron chi connectivity index (χ4n) is 3.73. The smallest absolute Gasteiger partial charge is 0.264 e. The summed E-state index contributed by atoms with van der Waals surface area (Å²) < 4.78 is 5.53. The zero-order valence-electron chi connectivity index (χ0n) is 19.8. The molecule has 0 radical (unpaired) electrons. The van der Waals surface area contributed by atoms with Crippen LogP contribution in [-0.2, 0) is 9.59 Å². The predicted octanol–water partition coefficient (Wildman–Crippen LogP) is 4.24. The second kappa shape index (κ2) is 12.0. The molecule has 0 bridgehead atoms. The normalized spacial score (nSPS) is 13.6. The molecule has 1 saturated heterocycles. The third kappa shape index (κ3) is 7.60. The van der Waals surface area contributed by atoms with Gasteiger partial charge in [-0.05, 0) is 61.0 Å². The van der Waals surface area contributed by atoms with Crippen LogP contribution in [0.4, 0.5) is 11.4 Å². The van der Waals surface area contributed by atoms with Crippen LogP contribution in [-0.4, -0.2) is 54.6 Å². The molecule has 1 aliphatic rings. The van der Waals surface area contributed by atoms with Gasteiger partial charge in [0.05, 0.1) is 11.4 Å². The van der Waals surface area contributed by atoms with Gasteiger partial charge in [-0.15, -0.1) is 0 Å². The number of rotatable bonds is 7. The van der Waals surface area contributed by atoms with Crippen molar-refractivity contribution in [3.8, 4) is 5.75 Å². The third-order valence-corrected chi connectivity index (χ3v) is 5.81. The van der Waals surface area contributed by atoms with E-state index in [2.05, 4.69) is 29.4 Å². The standard InChI is InChI=1S/C25H31ClN4O3S/c1-17(2)13-24(32)30-11-9-29(10-12-30)22-8-7-19(26)15-21(22)27-25(34)28-23(31)16-33-20-6-4-5-18(3)14-20/h4-8,14-15,17H,9-13,16H2,1-3H3,(H2,27,28,31,34). The van der Waals surface area contributed by atoms with E-state index in [4.69, 9.17) is 28.6 Å². The molecule has 182 valence electrons. The van der Waals surface area contributed by atoms with Crippen molar-refractivity contribution >= 4 is 52.1 Å². The monoisotopic (exact) mass is 502 g/mol. The van der Waals surface area contributed by atoms with Crippen molar-refractivity contribution in [3.05, 3.63) is 53.1 Å². The Hall–Kier alpha value is -2.84. The Labute approximate surface area is 211 Å². The first-order valence-corrected chi connectivity index (χ1v) is 12.1. The van der Waals surface area contributed by atoms with Gasteiger partial charge in [0.2, 0.25) is 5.91 Å². The lowest BCUT2D eigenvalue weighted by Gasteiger charge is -2.37. The largest absolute Gasteiger partial charge is 0.484 e. The first-order chi connectivity index (χ1) is 16.2. The van der Waals surface area contributed by atoms with E-state index in [1.165, 1.54) is 0 Å². The van der Waals surface area contributed by atoms with E-state index < -0.39 is 0 Å². The van der Waals surface area contributed by atoms with Crippen molar-refractivity contribution < 1.29 is 14.3 Å². The van der Waals surface area contributed by atoms with Crippen molar-refractivity contribution in [2.45, 2.75) is 27.2 Å². The molecule has 1 fully saturated rings. The number of anilines is 2. The topological polar surface area (TPSA) is 73.9 Å². The van der Waals surface area contributed by atoms with Gasteiger partial charge in [-0.3, -0.25) is 14.9 Å². The van der Waals surface area contributed by atoms with E-state index in [9.17, 15) is 9.59 Å². The predicted molar refractivity (Wildman–Crippen MR) is 141 cm³/mol. The molecule has 2 amide bonds. The number of thiocarbonyl (C=S) groups is 1. The van der Waals surface area contributed by atoms with Crippen molar-refractivity contribution in [1.29, 1.82) is 0 Å². The van der Waals surface area contributed by atoms with Crippen LogP contribution in [0, 0.1) is 12.8 Å². The number of benzene rings is 2. The van der Waals surface area contributed by atoms with Crippen LogP contribution in [0.2, 0.25) is 5.02 Å². The molecule has 3 rings (SSSR count). The van der Waals surface area contributed by atoms with Crippen LogP contribution >= 0.6 is 23.8 Å². The molecular weight excluding hydrogens is 472 g/mol. The van der Waals surface area contributed by atoms with E-state index in [0.717, 1.165) is 11.3 Å². The van der Waals surface area contributed by atoms with Crippen molar-refractivity contribution in [1.82, 2.24) is 10.2 Å². The average molecular weight is 503 g/mol. The number of aryl methyl sites for hydroxylation is 1. The Morgan fingerprint density at radius 2 is 1.85 bits per heavy atom. The van der Waals surface area contributed by atoms with Crippen molar-refractivity contribution in [3.63, 3.8) is 0 Å². The molecular formula is C25H31ClN4O3S. The summed E-state index contributed by atoms with van der Waals surface area (Å²) in [6, 6.07) is 13.0. The lowest BCUT2D eigenvalue weighted by atomic mass is 10.1. The summed E-state index contributed by atoms with van der Waals surface area (Å²) in [5.41, 5.74) is 2.65. The fraction of sp³-hybridized carbons (Fsp3) is 0.400. The highest BCUT2D eigenvalue weighted by Crippen LogP contribution is 2.30. The maximum absolute atomic E-state index is 12.4. The van der Waals surface area contributed by atoms with Gasteiger partial charge in [-0.2, -0.15) is 0 Å². The molecule has 0 spiro atoms. The van der Waals surface area contributed by atoms with Gasteiger partial charge in [0.1, 0.15) is 5.75 Å². The van der Waals surface area contributed by atoms with Crippen molar-refractivity contribution in [2.24, 2.45) is 5.92 Å². The van der Waals surface area contributed by atoms with Gasteiger partial charge in [0, 0.05) is 37.6 Å². The minimum atomic E-state index is -0.361. The van der Waals surface area contributed by atoms with E-state index in [1.54, 1.807) is 12.1 Å². The quantitative estimate of drug-likeness (QED) is 0.552. The van der Waals surface area contributed by atoms with Crippen LogP contribution in [0.1, 0.15) is 25.8 Å². The Balaban J connectivity index is 1.56. The second-order valence-corrected chi connectivity index (χ2v) is 9.58. The number of nitrogens with zero attached hydrogens (tertiary/aromatic N) is 2. The van der Waals surface area contributed by atoms with E-state index in [0.29, 0.717) is 55.0 Å². The van der Waals surface area contributed by atoms with Gasteiger partial charge in [0.15, 0.2) is 11.7 Å². The molecule has 9 heteroatoms. The van der Waals surface area contributed by atoms with Crippen LogP contribution in [0.25, 0.3) is 0 Å². The number of hydrogen-bond acceptors (Lipinski definition) is 5. The molecule has 0 aromatic heterocycles. The van der Waals surface area contributed by atoms with Crippen LogP contribution < -0.4 is 20.3 Å². The highest BCUT2D eigenvalue weighted by Gasteiger charge is 2.23. The Bertz CT molecular complexity index is 1040. The number of carbonyl (C=O) groups is 2. The summed E-state index contributed by atoms with van der Waals surface area (Å²) in [6.45, 7) is 8.62. The maximum atomic E-state index is 12.4. The molecule has 1 heterocycles. The first kappa shape index (κ1) is 25.8. The number of piperazine rings is 1. The lowest BCUT2D eigenvalue weighted by Crippen LogP contribution is -2.49. The van der Waals surface area contributed by atoms with E-state index >= 15 is 0 Å².